The van der Waals surface area contributed by atoms with E-state index in [1.807, 2.05) is 12.2 Å². The highest BCUT2D eigenvalue weighted by molar-refractivity contribution is 5.70. The lowest BCUT2D eigenvalue weighted by Crippen LogP contribution is -1.98. The summed E-state index contributed by atoms with van der Waals surface area (Å²) in [5, 5.41) is 0. The average Bonchev–Trinajstić information content (AvgIpc) is 2.30. The van der Waals surface area contributed by atoms with Crippen LogP contribution in [0.2, 0.25) is 0 Å². The summed E-state index contributed by atoms with van der Waals surface area (Å²) in [7, 11) is 1.66. The molecule has 0 unspecified atom stereocenters. The van der Waals surface area contributed by atoms with Gasteiger partial charge in [-0.25, -0.2) is 9.97 Å². The highest BCUT2D eigenvalue weighted by Gasteiger charge is 2.09. The molecule has 0 fully saturated rings. The van der Waals surface area contributed by atoms with Crippen molar-refractivity contribution in [2.24, 2.45) is 0 Å². The first-order chi connectivity index (χ1) is 6.90. The third kappa shape index (κ3) is 1.82. The van der Waals surface area contributed by atoms with E-state index in [1.165, 1.54) is 0 Å². The van der Waals surface area contributed by atoms with Crippen LogP contribution in [0.3, 0.4) is 0 Å². The molecule has 71 valence electrons. The molecule has 3 nitrogen and oxygen atoms in total. The van der Waals surface area contributed by atoms with Crippen LogP contribution >= 0.6 is 0 Å². The van der Waals surface area contributed by atoms with Gasteiger partial charge in [-0.2, -0.15) is 0 Å². The van der Waals surface area contributed by atoms with E-state index in [-0.39, 0.29) is 0 Å². The summed E-state index contributed by atoms with van der Waals surface area (Å²) >= 11 is 0. The first-order valence-corrected chi connectivity index (χ1v) is 4.46. The molecule has 1 aliphatic carbocycles. The number of methoxy groups -OCH3 is 1. The normalized spacial score (nSPS) is 15.8. The van der Waals surface area contributed by atoms with Crippen LogP contribution in [0.1, 0.15) is 12.2 Å². The van der Waals surface area contributed by atoms with Crippen LogP contribution in [-0.4, -0.2) is 17.1 Å². The van der Waals surface area contributed by atoms with Crippen LogP contribution in [0.25, 0.3) is 5.57 Å². The van der Waals surface area contributed by atoms with Gasteiger partial charge in [-0.1, -0.05) is 0 Å². The Bertz CT molecular complexity index is 368. The van der Waals surface area contributed by atoms with E-state index in [1.54, 1.807) is 25.6 Å². The fraction of sp³-hybridized carbons (Fsp3) is 0.182. The van der Waals surface area contributed by atoms with E-state index in [0.717, 1.165) is 23.6 Å². The maximum absolute atomic E-state index is 5.15. The Morgan fingerprint density at radius 1 is 1.29 bits per heavy atom. The molecule has 0 bridgehead atoms. The van der Waals surface area contributed by atoms with Gasteiger partial charge in [-0.15, -0.1) is 0 Å². The fourth-order valence-corrected chi connectivity index (χ4v) is 1.32. The maximum atomic E-state index is 5.15. The summed E-state index contributed by atoms with van der Waals surface area (Å²) in [6.45, 7) is 0. The van der Waals surface area contributed by atoms with Crippen molar-refractivity contribution in [2.75, 3.05) is 7.11 Å². The fourth-order valence-electron chi connectivity index (χ4n) is 1.32. The van der Waals surface area contributed by atoms with E-state index in [2.05, 4.69) is 16.4 Å². The molecule has 0 spiro atoms. The molecule has 1 aromatic rings. The summed E-state index contributed by atoms with van der Waals surface area (Å²) in [6.07, 6.45) is 10.4. The molecular weight excluding hydrogens is 176 g/mol. The monoisotopic (exact) mass is 187 g/mol. The zero-order valence-electron chi connectivity index (χ0n) is 7.97. The molecule has 0 amide bonds. The summed E-state index contributed by atoms with van der Waals surface area (Å²) in [4.78, 5) is 8.36. The van der Waals surface area contributed by atoms with E-state index in [0.29, 0.717) is 0 Å². The highest BCUT2D eigenvalue weighted by Crippen LogP contribution is 2.22. The van der Waals surface area contributed by atoms with Gasteiger partial charge in [0, 0.05) is 18.0 Å². The third-order valence-corrected chi connectivity index (χ3v) is 2.01. The van der Waals surface area contributed by atoms with Gasteiger partial charge in [-0.05, 0) is 31.1 Å². The Labute approximate surface area is 83.2 Å². The van der Waals surface area contributed by atoms with E-state index in [4.69, 9.17) is 4.74 Å². The van der Waals surface area contributed by atoms with Crippen LogP contribution in [0.4, 0.5) is 0 Å². The number of ether oxygens (including phenoxy) is 1. The number of nitrogens with zero attached hydrogens (tertiary/aromatic N) is 2. The first-order valence-electron chi connectivity index (χ1n) is 4.46. The number of hydrogen-bond donors (Lipinski definition) is 0. The zero-order valence-corrected chi connectivity index (χ0v) is 7.97. The van der Waals surface area contributed by atoms with Crippen molar-refractivity contribution in [1.29, 1.82) is 0 Å². The lowest BCUT2D eigenvalue weighted by molar-refractivity contribution is 0.305. The Kier molecular flexibility index (Phi) is 2.58. The highest BCUT2D eigenvalue weighted by atomic mass is 16.5. The Hall–Kier alpha value is -1.64. The van der Waals surface area contributed by atoms with E-state index < -0.39 is 0 Å². The van der Waals surface area contributed by atoms with Crippen LogP contribution < -0.4 is 0 Å². The Morgan fingerprint density at radius 3 is 2.79 bits per heavy atom. The molecule has 0 aliphatic heterocycles. The number of hydrogen-bond acceptors (Lipinski definition) is 3. The molecule has 0 aromatic carbocycles. The minimum atomic E-state index is 0.746. The number of aromatic nitrogens is 2. The van der Waals surface area contributed by atoms with Gasteiger partial charge in [0.1, 0.15) is 5.76 Å². The van der Waals surface area contributed by atoms with Gasteiger partial charge in [0.15, 0.2) is 5.82 Å². The van der Waals surface area contributed by atoms with Gasteiger partial charge >= 0.3 is 0 Å². The van der Waals surface area contributed by atoms with Gasteiger partial charge in [0.2, 0.25) is 0 Å². The van der Waals surface area contributed by atoms with Crippen molar-refractivity contribution in [3.8, 4) is 0 Å². The Morgan fingerprint density at radius 2 is 2.07 bits per heavy atom. The zero-order chi connectivity index (χ0) is 9.80. The molecule has 0 saturated heterocycles. The van der Waals surface area contributed by atoms with Gasteiger partial charge < -0.3 is 4.74 Å². The number of rotatable bonds is 2. The second-order valence-electron chi connectivity index (χ2n) is 2.92. The largest absolute Gasteiger partial charge is 0.497 e. The molecule has 3 heteroatoms. The number of allylic oxidation sites excluding steroid dienone is 3. The van der Waals surface area contributed by atoms with Crippen molar-refractivity contribution < 1.29 is 4.74 Å². The molecule has 1 aliphatic rings. The van der Waals surface area contributed by atoms with Crippen LogP contribution in [0.15, 0.2) is 36.4 Å². The molecule has 0 atom stereocenters. The lowest BCUT2D eigenvalue weighted by atomic mass is 10.0. The average molecular weight is 187 g/mol. The van der Waals surface area contributed by atoms with Gasteiger partial charge in [-0.3, -0.25) is 0 Å². The van der Waals surface area contributed by atoms with Gasteiger partial charge in [0.05, 0.1) is 7.11 Å². The topological polar surface area (TPSA) is 35.0 Å². The van der Waals surface area contributed by atoms with E-state index in [9.17, 15) is 0 Å². The standard InChI is InChI=1S/C11H11N2O/c1-14-10-5-2-4-9(8-10)11-12-6-3-7-13-11/h3-8H,2H2,1H3. The molecular formula is C11H11N2O. The molecule has 0 saturated carbocycles. The molecule has 1 radical (unpaired) electrons. The van der Waals surface area contributed by atoms with Crippen LogP contribution in [-0.2, 0) is 4.74 Å². The second kappa shape index (κ2) is 4.05. The minimum Gasteiger partial charge on any atom is -0.497 e. The van der Waals surface area contributed by atoms with Crippen molar-refractivity contribution in [2.45, 2.75) is 6.42 Å². The smallest absolute Gasteiger partial charge is 0.155 e. The molecule has 1 heterocycles. The first kappa shape index (κ1) is 8.94. The second-order valence-corrected chi connectivity index (χ2v) is 2.92. The quantitative estimate of drug-likeness (QED) is 0.710. The lowest BCUT2D eigenvalue weighted by Gasteiger charge is -2.11. The predicted molar refractivity (Wildman–Crippen MR) is 54.0 cm³/mol. The van der Waals surface area contributed by atoms with Crippen LogP contribution in [0, 0.1) is 6.42 Å². The van der Waals surface area contributed by atoms with Crippen molar-refractivity contribution in [1.82, 2.24) is 9.97 Å². The summed E-state index contributed by atoms with van der Waals surface area (Å²) in [6, 6.07) is 1.81. The van der Waals surface area contributed by atoms with Crippen molar-refractivity contribution >= 4 is 5.57 Å². The van der Waals surface area contributed by atoms with Crippen molar-refractivity contribution in [3.05, 3.63) is 48.6 Å². The SMILES string of the molecule is COC1=CC[CH]C(c2ncccn2)=C1. The summed E-state index contributed by atoms with van der Waals surface area (Å²) in [5.41, 5.74) is 1.02. The Balaban J connectivity index is 2.28. The summed E-state index contributed by atoms with van der Waals surface area (Å²) in [5.74, 6) is 1.62. The van der Waals surface area contributed by atoms with Crippen molar-refractivity contribution in [3.63, 3.8) is 0 Å². The summed E-state index contributed by atoms with van der Waals surface area (Å²) < 4.78 is 5.15. The minimum absolute atomic E-state index is 0.746. The maximum Gasteiger partial charge on any atom is 0.155 e. The van der Waals surface area contributed by atoms with E-state index >= 15 is 0 Å². The third-order valence-electron chi connectivity index (χ3n) is 2.01. The molecule has 1 aromatic heterocycles. The molecule has 2 rings (SSSR count). The van der Waals surface area contributed by atoms with Gasteiger partial charge in [0.25, 0.3) is 0 Å². The van der Waals surface area contributed by atoms with Crippen LogP contribution in [0.5, 0.6) is 0 Å². The predicted octanol–water partition coefficient (Wildman–Crippen LogP) is 2.00. The molecule has 14 heavy (non-hydrogen) atoms. The molecule has 0 N–H and O–H groups in total.